The molecule has 140 valence electrons. The molecule has 0 bridgehead atoms. The molecule has 0 N–H and O–H groups in total. The summed E-state index contributed by atoms with van der Waals surface area (Å²) in [5, 5.41) is 0.439. The molecule has 0 aromatic heterocycles. The zero-order valence-electron chi connectivity index (χ0n) is 13.4. The molecule has 0 aliphatic heterocycles. The number of benzene rings is 2. The summed E-state index contributed by atoms with van der Waals surface area (Å²) in [7, 11) is -4.29. The molecular formula is C16H13Cl4NO4S. The number of carbonyl (C=O) groups is 1. The van der Waals surface area contributed by atoms with Crippen molar-refractivity contribution in [3.8, 4) is 0 Å². The number of halogens is 4. The first-order chi connectivity index (χ1) is 12.2. The molecule has 0 unspecified atom stereocenters. The van der Waals surface area contributed by atoms with E-state index < -0.39 is 22.5 Å². The van der Waals surface area contributed by atoms with Crippen LogP contribution in [0.2, 0.25) is 20.1 Å². The van der Waals surface area contributed by atoms with Gasteiger partial charge in [0, 0.05) is 10.0 Å². The van der Waals surface area contributed by atoms with E-state index in [0.717, 1.165) is 4.31 Å². The van der Waals surface area contributed by atoms with E-state index in [1.165, 1.54) is 36.4 Å². The Labute approximate surface area is 171 Å². The van der Waals surface area contributed by atoms with E-state index in [-0.39, 0.29) is 37.3 Å². The van der Waals surface area contributed by atoms with Crippen LogP contribution in [0.25, 0.3) is 0 Å². The quantitative estimate of drug-likeness (QED) is 0.570. The number of carbonyl (C=O) groups excluding carboxylic acids is 1. The van der Waals surface area contributed by atoms with Gasteiger partial charge < -0.3 is 4.74 Å². The normalized spacial score (nSPS) is 11.3. The molecule has 0 saturated heterocycles. The summed E-state index contributed by atoms with van der Waals surface area (Å²) in [6.07, 6.45) is 0. The first-order valence-corrected chi connectivity index (χ1v) is 10.2. The maximum absolute atomic E-state index is 13.2. The molecule has 5 nitrogen and oxygen atoms in total. The van der Waals surface area contributed by atoms with E-state index in [2.05, 4.69) is 0 Å². The number of anilines is 1. The first kappa shape index (κ1) is 21.1. The smallest absolute Gasteiger partial charge is 0.326 e. The Balaban J connectivity index is 2.64. The number of ether oxygens (including phenoxy) is 1. The topological polar surface area (TPSA) is 63.7 Å². The second-order valence-electron chi connectivity index (χ2n) is 4.99. The molecular weight excluding hydrogens is 444 g/mol. The van der Waals surface area contributed by atoms with Gasteiger partial charge in [0.05, 0.1) is 22.3 Å². The molecule has 26 heavy (non-hydrogen) atoms. The monoisotopic (exact) mass is 455 g/mol. The number of hydrogen-bond donors (Lipinski definition) is 0. The Bertz CT molecular complexity index is 934. The van der Waals surface area contributed by atoms with Crippen molar-refractivity contribution in [2.45, 2.75) is 11.8 Å². The van der Waals surface area contributed by atoms with Crippen LogP contribution in [0.15, 0.2) is 41.3 Å². The Morgan fingerprint density at radius 3 is 2.19 bits per heavy atom. The predicted molar refractivity (Wildman–Crippen MR) is 104 cm³/mol. The third kappa shape index (κ3) is 4.75. The maximum Gasteiger partial charge on any atom is 0.326 e. The summed E-state index contributed by atoms with van der Waals surface area (Å²) in [5.74, 6) is -0.759. The second kappa shape index (κ2) is 8.67. The molecule has 0 heterocycles. The molecule has 0 aliphatic rings. The van der Waals surface area contributed by atoms with Gasteiger partial charge in [0.25, 0.3) is 10.0 Å². The lowest BCUT2D eigenvalue weighted by molar-refractivity contribution is -0.141. The largest absolute Gasteiger partial charge is 0.465 e. The van der Waals surface area contributed by atoms with Crippen LogP contribution in [0.1, 0.15) is 6.92 Å². The van der Waals surface area contributed by atoms with Crippen LogP contribution in [0.3, 0.4) is 0 Å². The lowest BCUT2D eigenvalue weighted by Gasteiger charge is -2.25. The van der Waals surface area contributed by atoms with Crippen molar-refractivity contribution in [2.24, 2.45) is 0 Å². The van der Waals surface area contributed by atoms with Gasteiger partial charge in [0.2, 0.25) is 0 Å². The number of rotatable bonds is 6. The van der Waals surface area contributed by atoms with Gasteiger partial charge in [0.1, 0.15) is 11.4 Å². The second-order valence-corrected chi connectivity index (χ2v) is 8.51. The molecule has 2 aromatic carbocycles. The van der Waals surface area contributed by atoms with Gasteiger partial charge in [-0.3, -0.25) is 9.10 Å². The van der Waals surface area contributed by atoms with Gasteiger partial charge in [-0.15, -0.1) is 0 Å². The number of esters is 1. The molecule has 2 aromatic rings. The van der Waals surface area contributed by atoms with E-state index in [9.17, 15) is 13.2 Å². The van der Waals surface area contributed by atoms with E-state index in [4.69, 9.17) is 51.1 Å². The van der Waals surface area contributed by atoms with E-state index in [1.807, 2.05) is 0 Å². The van der Waals surface area contributed by atoms with E-state index in [1.54, 1.807) is 6.92 Å². The summed E-state index contributed by atoms with van der Waals surface area (Å²) >= 11 is 24.1. The van der Waals surface area contributed by atoms with Gasteiger partial charge in [-0.1, -0.05) is 46.4 Å². The molecule has 0 amide bonds. The van der Waals surface area contributed by atoms with Crippen molar-refractivity contribution in [1.29, 1.82) is 0 Å². The minimum Gasteiger partial charge on any atom is -0.465 e. The summed E-state index contributed by atoms with van der Waals surface area (Å²) < 4.78 is 32.0. The highest BCUT2D eigenvalue weighted by Crippen LogP contribution is 2.35. The predicted octanol–water partition coefficient (Wildman–Crippen LogP) is 5.06. The van der Waals surface area contributed by atoms with Gasteiger partial charge in [-0.25, -0.2) is 8.42 Å². The van der Waals surface area contributed by atoms with Crippen molar-refractivity contribution in [1.82, 2.24) is 0 Å². The molecule has 0 aliphatic carbocycles. The fraction of sp³-hybridized carbons (Fsp3) is 0.188. The van der Waals surface area contributed by atoms with Crippen LogP contribution < -0.4 is 4.31 Å². The van der Waals surface area contributed by atoms with Gasteiger partial charge >= 0.3 is 5.97 Å². The Kier molecular flexibility index (Phi) is 7.05. The highest BCUT2D eigenvalue weighted by atomic mass is 35.5. The lowest BCUT2D eigenvalue weighted by Crippen LogP contribution is -2.37. The van der Waals surface area contributed by atoms with Crippen LogP contribution in [0, 0.1) is 0 Å². The van der Waals surface area contributed by atoms with Crippen LogP contribution >= 0.6 is 46.4 Å². The average molecular weight is 457 g/mol. The SMILES string of the molecule is CCOC(=O)CN(c1cc(Cl)ccc1Cl)S(=O)(=O)c1cc(Cl)ccc1Cl. The zero-order chi connectivity index (χ0) is 19.5. The number of sulfonamides is 1. The molecule has 10 heteroatoms. The fourth-order valence-electron chi connectivity index (χ4n) is 2.09. The molecule has 0 saturated carbocycles. The van der Waals surface area contributed by atoms with Crippen LogP contribution in [-0.4, -0.2) is 27.5 Å². The first-order valence-electron chi connectivity index (χ1n) is 7.25. The molecule has 0 fully saturated rings. The van der Waals surface area contributed by atoms with E-state index >= 15 is 0 Å². The summed E-state index contributed by atoms with van der Waals surface area (Å²) in [6, 6.07) is 8.24. The summed E-state index contributed by atoms with van der Waals surface area (Å²) in [5.41, 5.74) is 0.0169. The highest BCUT2D eigenvalue weighted by Gasteiger charge is 2.31. The minimum atomic E-state index is -4.29. The van der Waals surface area contributed by atoms with Crippen molar-refractivity contribution in [3.63, 3.8) is 0 Å². The third-order valence-electron chi connectivity index (χ3n) is 3.22. The van der Waals surface area contributed by atoms with Crippen molar-refractivity contribution in [2.75, 3.05) is 17.5 Å². The van der Waals surface area contributed by atoms with Crippen molar-refractivity contribution < 1.29 is 17.9 Å². The van der Waals surface area contributed by atoms with Crippen LogP contribution in [-0.2, 0) is 19.6 Å². The van der Waals surface area contributed by atoms with Crippen molar-refractivity contribution in [3.05, 3.63) is 56.5 Å². The van der Waals surface area contributed by atoms with Crippen molar-refractivity contribution >= 4 is 68.1 Å². The highest BCUT2D eigenvalue weighted by molar-refractivity contribution is 7.93. The Hall–Kier alpha value is -1.18. The number of nitrogens with zero attached hydrogens (tertiary/aromatic N) is 1. The van der Waals surface area contributed by atoms with E-state index in [0.29, 0.717) is 0 Å². The Morgan fingerprint density at radius 1 is 1.00 bits per heavy atom. The summed E-state index contributed by atoms with van der Waals surface area (Å²) in [6.45, 7) is 1.09. The molecule has 0 atom stereocenters. The van der Waals surface area contributed by atoms with Gasteiger partial charge in [-0.05, 0) is 43.3 Å². The molecule has 0 radical (unpaired) electrons. The molecule has 0 spiro atoms. The van der Waals surface area contributed by atoms with Gasteiger partial charge in [-0.2, -0.15) is 0 Å². The third-order valence-corrected chi connectivity index (χ3v) is 6.25. The summed E-state index contributed by atoms with van der Waals surface area (Å²) in [4.78, 5) is 11.7. The lowest BCUT2D eigenvalue weighted by atomic mass is 10.3. The maximum atomic E-state index is 13.2. The average Bonchev–Trinajstić information content (AvgIpc) is 2.57. The fourth-order valence-corrected chi connectivity index (χ4v) is 4.69. The van der Waals surface area contributed by atoms with Crippen LogP contribution in [0.4, 0.5) is 5.69 Å². The minimum absolute atomic E-state index is 0.0169. The van der Waals surface area contributed by atoms with Crippen LogP contribution in [0.5, 0.6) is 0 Å². The Morgan fingerprint density at radius 2 is 1.58 bits per heavy atom. The zero-order valence-corrected chi connectivity index (χ0v) is 17.2. The standard InChI is InChI=1S/C16H13Cl4NO4S/c1-2-25-16(22)9-21(14-7-10(17)3-5-12(14)19)26(23,24)15-8-11(18)4-6-13(15)20/h3-8H,2,9H2,1H3. The van der Waals surface area contributed by atoms with Gasteiger partial charge in [0.15, 0.2) is 0 Å². The number of hydrogen-bond acceptors (Lipinski definition) is 4. The molecule has 2 rings (SSSR count).